The maximum Gasteiger partial charge on any atom is 0.318 e. The van der Waals surface area contributed by atoms with Crippen molar-refractivity contribution < 1.29 is 14.0 Å². The van der Waals surface area contributed by atoms with E-state index in [4.69, 9.17) is 4.42 Å². The SMILES string of the molecule is CNC(=O)Nc1cccc(NC(=O)CCc2nnc(-c3ccsc3)o2)c1. The summed E-state index contributed by atoms with van der Waals surface area (Å²) in [5, 5.41) is 19.7. The molecule has 8 nitrogen and oxygen atoms in total. The summed E-state index contributed by atoms with van der Waals surface area (Å²) < 4.78 is 5.55. The molecule has 3 rings (SSSR count). The second-order valence-corrected chi connectivity index (χ2v) is 6.13. The van der Waals surface area contributed by atoms with Crippen molar-refractivity contribution in [3.05, 3.63) is 47.0 Å². The van der Waals surface area contributed by atoms with Crippen molar-refractivity contribution in [2.45, 2.75) is 12.8 Å². The van der Waals surface area contributed by atoms with Crippen molar-refractivity contribution in [1.82, 2.24) is 15.5 Å². The van der Waals surface area contributed by atoms with Crippen LogP contribution in [0.1, 0.15) is 12.3 Å². The Balaban J connectivity index is 1.53. The standard InChI is InChI=1S/C17H17N5O3S/c1-18-17(24)20-13-4-2-3-12(9-13)19-14(23)5-6-15-21-22-16(25-15)11-7-8-26-10-11/h2-4,7-10H,5-6H2,1H3,(H,19,23)(H2,18,20,24). The first kappa shape index (κ1) is 17.6. The topological polar surface area (TPSA) is 109 Å². The van der Waals surface area contributed by atoms with Crippen LogP contribution < -0.4 is 16.0 Å². The van der Waals surface area contributed by atoms with Crippen LogP contribution in [-0.4, -0.2) is 29.2 Å². The number of anilines is 2. The molecule has 0 atom stereocenters. The minimum atomic E-state index is -0.328. The number of aryl methyl sites for hydroxylation is 1. The van der Waals surface area contributed by atoms with Crippen molar-refractivity contribution in [2.24, 2.45) is 0 Å². The Morgan fingerprint density at radius 3 is 2.69 bits per heavy atom. The van der Waals surface area contributed by atoms with E-state index >= 15 is 0 Å². The molecule has 134 valence electrons. The number of nitrogens with one attached hydrogen (secondary N) is 3. The molecule has 0 unspecified atom stereocenters. The highest BCUT2D eigenvalue weighted by Crippen LogP contribution is 2.21. The average Bonchev–Trinajstić information content (AvgIpc) is 3.31. The van der Waals surface area contributed by atoms with Gasteiger partial charge < -0.3 is 20.4 Å². The van der Waals surface area contributed by atoms with Gasteiger partial charge in [0.05, 0.1) is 0 Å². The van der Waals surface area contributed by atoms with E-state index < -0.39 is 0 Å². The summed E-state index contributed by atoms with van der Waals surface area (Å²) in [5.74, 6) is 0.684. The van der Waals surface area contributed by atoms with E-state index in [-0.39, 0.29) is 18.4 Å². The van der Waals surface area contributed by atoms with Crippen LogP contribution in [0.15, 0.2) is 45.5 Å². The molecular formula is C17H17N5O3S. The fourth-order valence-electron chi connectivity index (χ4n) is 2.17. The quantitative estimate of drug-likeness (QED) is 0.617. The Kier molecular flexibility index (Phi) is 5.59. The fourth-order valence-corrected chi connectivity index (χ4v) is 2.80. The number of urea groups is 1. The van der Waals surface area contributed by atoms with Gasteiger partial charge in [0.1, 0.15) is 0 Å². The molecule has 2 heterocycles. The normalized spacial score (nSPS) is 10.3. The molecule has 3 N–H and O–H groups in total. The van der Waals surface area contributed by atoms with Crippen molar-refractivity contribution in [3.8, 4) is 11.5 Å². The number of rotatable bonds is 6. The van der Waals surface area contributed by atoms with Crippen LogP contribution in [0.25, 0.3) is 11.5 Å². The van der Waals surface area contributed by atoms with E-state index in [0.717, 1.165) is 5.56 Å². The molecule has 3 amide bonds. The number of thiophene rings is 1. The largest absolute Gasteiger partial charge is 0.421 e. The molecule has 0 spiro atoms. The maximum absolute atomic E-state index is 12.1. The van der Waals surface area contributed by atoms with Gasteiger partial charge in [0, 0.05) is 42.2 Å². The first-order chi connectivity index (χ1) is 12.6. The molecule has 0 bridgehead atoms. The van der Waals surface area contributed by atoms with E-state index in [0.29, 0.717) is 29.6 Å². The Morgan fingerprint density at radius 1 is 1.15 bits per heavy atom. The van der Waals surface area contributed by atoms with Gasteiger partial charge in [-0.3, -0.25) is 4.79 Å². The lowest BCUT2D eigenvalue weighted by molar-refractivity contribution is -0.116. The van der Waals surface area contributed by atoms with Crippen LogP contribution in [0.5, 0.6) is 0 Å². The van der Waals surface area contributed by atoms with Crippen molar-refractivity contribution in [3.63, 3.8) is 0 Å². The molecule has 0 radical (unpaired) electrons. The summed E-state index contributed by atoms with van der Waals surface area (Å²) in [7, 11) is 1.53. The van der Waals surface area contributed by atoms with Crippen molar-refractivity contribution in [2.75, 3.05) is 17.7 Å². The number of carbonyl (C=O) groups is 2. The van der Waals surface area contributed by atoms with Gasteiger partial charge in [-0.15, -0.1) is 10.2 Å². The second-order valence-electron chi connectivity index (χ2n) is 5.35. The summed E-state index contributed by atoms with van der Waals surface area (Å²) in [4.78, 5) is 23.4. The smallest absolute Gasteiger partial charge is 0.318 e. The van der Waals surface area contributed by atoms with Crippen LogP contribution in [-0.2, 0) is 11.2 Å². The predicted molar refractivity (Wildman–Crippen MR) is 99.1 cm³/mol. The lowest BCUT2D eigenvalue weighted by atomic mass is 10.2. The molecule has 0 saturated heterocycles. The molecule has 0 aliphatic heterocycles. The molecule has 0 aliphatic carbocycles. The van der Waals surface area contributed by atoms with Crippen LogP contribution in [0.4, 0.5) is 16.2 Å². The van der Waals surface area contributed by atoms with Crippen LogP contribution in [0.3, 0.4) is 0 Å². The monoisotopic (exact) mass is 371 g/mol. The fraction of sp³-hybridized carbons (Fsp3) is 0.176. The van der Waals surface area contributed by atoms with Crippen LogP contribution >= 0.6 is 11.3 Å². The summed E-state index contributed by atoms with van der Waals surface area (Å²) in [5.41, 5.74) is 2.05. The van der Waals surface area contributed by atoms with Gasteiger partial charge in [-0.05, 0) is 29.6 Å². The third-order valence-electron chi connectivity index (χ3n) is 3.43. The predicted octanol–water partition coefficient (Wildman–Crippen LogP) is 3.12. The lowest BCUT2D eigenvalue weighted by Crippen LogP contribution is -2.24. The maximum atomic E-state index is 12.1. The highest BCUT2D eigenvalue weighted by Gasteiger charge is 2.11. The van der Waals surface area contributed by atoms with Gasteiger partial charge in [-0.2, -0.15) is 11.3 Å². The zero-order chi connectivity index (χ0) is 18.4. The minimum absolute atomic E-state index is 0.183. The van der Waals surface area contributed by atoms with E-state index in [1.165, 1.54) is 7.05 Å². The Morgan fingerprint density at radius 2 is 1.96 bits per heavy atom. The number of nitrogens with zero attached hydrogens (tertiary/aromatic N) is 2. The molecule has 9 heteroatoms. The molecule has 0 aliphatic rings. The van der Waals surface area contributed by atoms with Gasteiger partial charge in [0.2, 0.25) is 17.7 Å². The molecule has 0 saturated carbocycles. The van der Waals surface area contributed by atoms with E-state index in [1.807, 2.05) is 16.8 Å². The lowest BCUT2D eigenvalue weighted by Gasteiger charge is -2.08. The van der Waals surface area contributed by atoms with Gasteiger partial charge in [-0.1, -0.05) is 6.07 Å². The van der Waals surface area contributed by atoms with Crippen molar-refractivity contribution in [1.29, 1.82) is 0 Å². The number of aromatic nitrogens is 2. The zero-order valence-electron chi connectivity index (χ0n) is 14.0. The first-order valence-corrected chi connectivity index (χ1v) is 8.82. The summed E-state index contributed by atoms with van der Waals surface area (Å²) >= 11 is 1.55. The molecular weight excluding hydrogens is 354 g/mol. The van der Waals surface area contributed by atoms with E-state index in [1.54, 1.807) is 35.6 Å². The molecule has 2 aromatic heterocycles. The third kappa shape index (κ3) is 4.67. The third-order valence-corrected chi connectivity index (χ3v) is 4.12. The Hall–Kier alpha value is -3.20. The minimum Gasteiger partial charge on any atom is -0.421 e. The number of carbonyl (C=O) groups excluding carboxylic acids is 2. The van der Waals surface area contributed by atoms with E-state index in [9.17, 15) is 9.59 Å². The average molecular weight is 371 g/mol. The Labute approximate surface area is 153 Å². The second kappa shape index (κ2) is 8.26. The first-order valence-electron chi connectivity index (χ1n) is 7.87. The number of benzene rings is 1. The van der Waals surface area contributed by atoms with Gasteiger partial charge >= 0.3 is 6.03 Å². The highest BCUT2D eigenvalue weighted by molar-refractivity contribution is 7.08. The number of amides is 3. The number of hydrogen-bond acceptors (Lipinski definition) is 6. The van der Waals surface area contributed by atoms with Crippen molar-refractivity contribution >= 4 is 34.6 Å². The Bertz CT molecular complexity index is 891. The zero-order valence-corrected chi connectivity index (χ0v) is 14.8. The molecule has 26 heavy (non-hydrogen) atoms. The molecule has 3 aromatic rings. The summed E-state index contributed by atoms with van der Waals surface area (Å²) in [6, 6.07) is 8.46. The van der Waals surface area contributed by atoms with Gasteiger partial charge in [0.25, 0.3) is 0 Å². The van der Waals surface area contributed by atoms with Gasteiger partial charge in [-0.25, -0.2) is 4.79 Å². The number of hydrogen-bond donors (Lipinski definition) is 3. The molecule has 0 fully saturated rings. The summed E-state index contributed by atoms with van der Waals surface area (Å²) in [6.07, 6.45) is 0.553. The van der Waals surface area contributed by atoms with Crippen LogP contribution in [0.2, 0.25) is 0 Å². The molecule has 1 aromatic carbocycles. The van der Waals surface area contributed by atoms with E-state index in [2.05, 4.69) is 26.1 Å². The van der Waals surface area contributed by atoms with Gasteiger partial charge in [0.15, 0.2) is 0 Å². The van der Waals surface area contributed by atoms with Crippen LogP contribution in [0, 0.1) is 0 Å². The highest BCUT2D eigenvalue weighted by atomic mass is 32.1. The summed E-state index contributed by atoms with van der Waals surface area (Å²) in [6.45, 7) is 0.